The van der Waals surface area contributed by atoms with Crippen LogP contribution in [0.2, 0.25) is 0 Å². The average Bonchev–Trinajstić information content (AvgIpc) is 2.80. The Morgan fingerprint density at radius 1 is 1.00 bits per heavy atom. The van der Waals surface area contributed by atoms with E-state index in [0.717, 1.165) is 50.0 Å². The SMILES string of the molecule is CN=C(NCc1ccccc1OC)NCC(C)N1CCN(c2ccccc2)CC1. The molecule has 156 valence electrons. The number of rotatable bonds is 7. The molecule has 6 nitrogen and oxygen atoms in total. The number of hydrogen-bond donors (Lipinski definition) is 2. The van der Waals surface area contributed by atoms with Crippen LogP contribution in [-0.2, 0) is 6.54 Å². The molecule has 2 N–H and O–H groups in total. The van der Waals surface area contributed by atoms with E-state index >= 15 is 0 Å². The molecule has 1 unspecified atom stereocenters. The van der Waals surface area contributed by atoms with E-state index in [1.165, 1.54) is 5.69 Å². The molecule has 0 spiro atoms. The zero-order chi connectivity index (χ0) is 20.5. The molecule has 1 aliphatic heterocycles. The molecule has 0 saturated carbocycles. The van der Waals surface area contributed by atoms with E-state index in [0.29, 0.717) is 12.6 Å². The van der Waals surface area contributed by atoms with Crippen LogP contribution in [0.25, 0.3) is 0 Å². The van der Waals surface area contributed by atoms with Crippen LogP contribution in [0.15, 0.2) is 59.6 Å². The van der Waals surface area contributed by atoms with Gasteiger partial charge in [-0.15, -0.1) is 0 Å². The standard InChI is InChI=1S/C23H33N5O/c1-19(27-13-15-28(16-14-27)21-10-5-4-6-11-21)17-25-23(24-2)26-18-20-9-7-8-12-22(20)29-3/h4-12,19H,13-18H2,1-3H3,(H2,24,25,26). The van der Waals surface area contributed by atoms with Crippen molar-refractivity contribution in [2.24, 2.45) is 4.99 Å². The second-order valence-electron chi connectivity index (χ2n) is 7.33. The number of ether oxygens (including phenoxy) is 1. The van der Waals surface area contributed by atoms with Crippen molar-refractivity contribution in [1.82, 2.24) is 15.5 Å². The molecule has 0 bridgehead atoms. The van der Waals surface area contributed by atoms with Crippen LogP contribution in [0.3, 0.4) is 0 Å². The van der Waals surface area contributed by atoms with Gasteiger partial charge in [-0.3, -0.25) is 9.89 Å². The van der Waals surface area contributed by atoms with Crippen LogP contribution in [0.5, 0.6) is 5.75 Å². The third kappa shape index (κ3) is 5.87. The van der Waals surface area contributed by atoms with Crippen LogP contribution >= 0.6 is 0 Å². The molecule has 1 atom stereocenters. The molecule has 0 amide bonds. The van der Waals surface area contributed by atoms with E-state index < -0.39 is 0 Å². The van der Waals surface area contributed by atoms with E-state index in [2.05, 4.69) is 68.7 Å². The van der Waals surface area contributed by atoms with Crippen molar-refractivity contribution in [2.45, 2.75) is 19.5 Å². The van der Waals surface area contributed by atoms with Gasteiger partial charge in [-0.05, 0) is 25.1 Å². The number of nitrogens with one attached hydrogen (secondary N) is 2. The van der Waals surface area contributed by atoms with Crippen LogP contribution < -0.4 is 20.3 Å². The maximum Gasteiger partial charge on any atom is 0.191 e. The van der Waals surface area contributed by atoms with Gasteiger partial charge in [0.15, 0.2) is 5.96 Å². The van der Waals surface area contributed by atoms with Crippen LogP contribution in [-0.4, -0.2) is 63.8 Å². The molecule has 2 aromatic carbocycles. The monoisotopic (exact) mass is 395 g/mol. The number of anilines is 1. The van der Waals surface area contributed by atoms with Gasteiger partial charge in [0.2, 0.25) is 0 Å². The second kappa shape index (κ2) is 10.7. The maximum absolute atomic E-state index is 5.42. The van der Waals surface area contributed by atoms with E-state index in [1.54, 1.807) is 14.2 Å². The van der Waals surface area contributed by atoms with Gasteiger partial charge in [-0.2, -0.15) is 0 Å². The van der Waals surface area contributed by atoms with Gasteiger partial charge in [-0.1, -0.05) is 36.4 Å². The minimum absolute atomic E-state index is 0.442. The first-order valence-corrected chi connectivity index (χ1v) is 10.3. The first kappa shape index (κ1) is 21.0. The van der Waals surface area contributed by atoms with Gasteiger partial charge in [-0.25, -0.2) is 0 Å². The molecule has 0 radical (unpaired) electrons. The van der Waals surface area contributed by atoms with Crippen molar-refractivity contribution in [2.75, 3.05) is 51.8 Å². The third-order valence-corrected chi connectivity index (χ3v) is 5.49. The van der Waals surface area contributed by atoms with E-state index in [-0.39, 0.29) is 0 Å². The maximum atomic E-state index is 5.42. The first-order chi connectivity index (χ1) is 14.2. The molecule has 3 rings (SSSR count). The Labute approximate surface area is 174 Å². The van der Waals surface area contributed by atoms with E-state index in [1.807, 2.05) is 18.2 Å². The van der Waals surface area contributed by atoms with Crippen molar-refractivity contribution >= 4 is 11.6 Å². The fourth-order valence-electron chi connectivity index (χ4n) is 3.68. The summed E-state index contributed by atoms with van der Waals surface area (Å²) < 4.78 is 5.42. The summed E-state index contributed by atoms with van der Waals surface area (Å²) in [6.07, 6.45) is 0. The number of piperazine rings is 1. The highest BCUT2D eigenvalue weighted by atomic mass is 16.5. The molecular weight excluding hydrogens is 362 g/mol. The van der Waals surface area contributed by atoms with E-state index in [4.69, 9.17) is 4.74 Å². The van der Waals surface area contributed by atoms with Gasteiger partial charge < -0.3 is 20.3 Å². The Hall–Kier alpha value is -2.73. The minimum Gasteiger partial charge on any atom is -0.496 e. The zero-order valence-electron chi connectivity index (χ0n) is 17.8. The average molecular weight is 396 g/mol. The Morgan fingerprint density at radius 2 is 1.69 bits per heavy atom. The van der Waals surface area contributed by atoms with Gasteiger partial charge in [0.1, 0.15) is 5.75 Å². The molecule has 1 aliphatic rings. The number of guanidine groups is 1. The van der Waals surface area contributed by atoms with Gasteiger partial charge in [0.05, 0.1) is 7.11 Å². The highest BCUT2D eigenvalue weighted by Crippen LogP contribution is 2.17. The third-order valence-electron chi connectivity index (χ3n) is 5.49. The van der Waals surface area contributed by atoms with E-state index in [9.17, 15) is 0 Å². The lowest BCUT2D eigenvalue weighted by atomic mass is 10.2. The topological polar surface area (TPSA) is 52.1 Å². The number of hydrogen-bond acceptors (Lipinski definition) is 4. The summed E-state index contributed by atoms with van der Waals surface area (Å²) in [6.45, 7) is 8.09. The summed E-state index contributed by atoms with van der Waals surface area (Å²) in [7, 11) is 3.51. The molecule has 6 heteroatoms. The van der Waals surface area contributed by atoms with Gasteiger partial charge in [0.25, 0.3) is 0 Å². The molecule has 1 saturated heterocycles. The summed E-state index contributed by atoms with van der Waals surface area (Å²) >= 11 is 0. The predicted molar refractivity (Wildman–Crippen MR) is 121 cm³/mol. The van der Waals surface area contributed by atoms with Crippen molar-refractivity contribution in [3.05, 3.63) is 60.2 Å². The lowest BCUT2D eigenvalue weighted by Gasteiger charge is -2.39. The number of benzene rings is 2. The summed E-state index contributed by atoms with van der Waals surface area (Å²) in [4.78, 5) is 9.36. The smallest absolute Gasteiger partial charge is 0.191 e. The number of aliphatic imine (C=N–C) groups is 1. The zero-order valence-corrected chi connectivity index (χ0v) is 17.8. The minimum atomic E-state index is 0.442. The summed E-state index contributed by atoms with van der Waals surface area (Å²) in [5.41, 5.74) is 2.43. The first-order valence-electron chi connectivity index (χ1n) is 10.3. The molecule has 1 fully saturated rings. The lowest BCUT2D eigenvalue weighted by Crippen LogP contribution is -2.53. The fourth-order valence-corrected chi connectivity index (χ4v) is 3.68. The van der Waals surface area contributed by atoms with Crippen molar-refractivity contribution in [3.63, 3.8) is 0 Å². The van der Waals surface area contributed by atoms with Crippen LogP contribution in [0.4, 0.5) is 5.69 Å². The normalized spacial score (nSPS) is 16.4. The highest BCUT2D eigenvalue weighted by Gasteiger charge is 2.21. The second-order valence-corrected chi connectivity index (χ2v) is 7.33. The fraction of sp³-hybridized carbons (Fsp3) is 0.435. The Bertz CT molecular complexity index is 772. The van der Waals surface area contributed by atoms with Crippen molar-refractivity contribution in [1.29, 1.82) is 0 Å². The Morgan fingerprint density at radius 3 is 2.38 bits per heavy atom. The molecule has 0 aromatic heterocycles. The van der Waals surface area contributed by atoms with Crippen LogP contribution in [0.1, 0.15) is 12.5 Å². The number of methoxy groups -OCH3 is 1. The number of nitrogens with zero attached hydrogens (tertiary/aromatic N) is 3. The Balaban J connectivity index is 1.43. The lowest BCUT2D eigenvalue weighted by molar-refractivity contribution is 0.197. The predicted octanol–water partition coefficient (Wildman–Crippen LogP) is 2.57. The summed E-state index contributed by atoms with van der Waals surface area (Å²) in [6, 6.07) is 19.2. The largest absolute Gasteiger partial charge is 0.496 e. The molecule has 0 aliphatic carbocycles. The van der Waals surface area contributed by atoms with Crippen LogP contribution in [0, 0.1) is 0 Å². The summed E-state index contributed by atoms with van der Waals surface area (Å²) in [5, 5.41) is 6.84. The quantitative estimate of drug-likeness (QED) is 0.557. The molecule has 1 heterocycles. The van der Waals surface area contributed by atoms with Crippen molar-refractivity contribution < 1.29 is 4.74 Å². The summed E-state index contributed by atoms with van der Waals surface area (Å²) in [5.74, 6) is 1.70. The highest BCUT2D eigenvalue weighted by molar-refractivity contribution is 5.79. The number of para-hydroxylation sites is 2. The molecule has 2 aromatic rings. The molecule has 29 heavy (non-hydrogen) atoms. The Kier molecular flexibility index (Phi) is 7.76. The van der Waals surface area contributed by atoms with Crippen molar-refractivity contribution in [3.8, 4) is 5.75 Å². The molecular formula is C23H33N5O. The van der Waals surface area contributed by atoms with Gasteiger partial charge >= 0.3 is 0 Å². The van der Waals surface area contributed by atoms with Gasteiger partial charge in [0, 0.05) is 63.6 Å².